The van der Waals surface area contributed by atoms with Crippen molar-refractivity contribution in [3.63, 3.8) is 0 Å². The first-order valence-corrected chi connectivity index (χ1v) is 6.64. The monoisotopic (exact) mass is 292 g/mol. The number of rotatable bonds is 5. The molecule has 2 amide bonds. The Balaban J connectivity index is 1.89. The molecule has 0 aliphatic carbocycles. The van der Waals surface area contributed by atoms with Crippen molar-refractivity contribution < 1.29 is 23.9 Å². The highest BCUT2D eigenvalue weighted by atomic mass is 16.6. The van der Waals surface area contributed by atoms with Crippen LogP contribution in [0.4, 0.5) is 9.59 Å². The van der Waals surface area contributed by atoms with Gasteiger partial charge < -0.3 is 9.47 Å². The van der Waals surface area contributed by atoms with Gasteiger partial charge in [-0.25, -0.2) is 24.8 Å². The van der Waals surface area contributed by atoms with Crippen molar-refractivity contribution in [2.24, 2.45) is 0 Å². The second kappa shape index (κ2) is 6.74. The topological polar surface area (TPSA) is 84.9 Å². The molecule has 1 N–H and O–H groups in total. The number of hydrazine groups is 1. The van der Waals surface area contributed by atoms with Crippen molar-refractivity contribution in [2.75, 3.05) is 0 Å². The van der Waals surface area contributed by atoms with Crippen LogP contribution in [-0.4, -0.2) is 29.2 Å². The number of cyclic esters (lactones) is 2. The molecule has 7 heteroatoms. The number of nitrogens with zero attached hydrogens (tertiary/aromatic N) is 1. The lowest BCUT2D eigenvalue weighted by Crippen LogP contribution is -2.48. The minimum absolute atomic E-state index is 0.0714. The third kappa shape index (κ3) is 3.71. The van der Waals surface area contributed by atoms with Gasteiger partial charge in [-0.2, -0.15) is 0 Å². The molecule has 0 aromatic heterocycles. The summed E-state index contributed by atoms with van der Waals surface area (Å²) in [6.07, 6.45) is -0.630. The van der Waals surface area contributed by atoms with Crippen LogP contribution in [-0.2, 0) is 20.9 Å². The van der Waals surface area contributed by atoms with Gasteiger partial charge in [0, 0.05) is 0 Å². The summed E-state index contributed by atoms with van der Waals surface area (Å²) in [4.78, 5) is 34.6. The predicted octanol–water partition coefficient (Wildman–Crippen LogP) is 1.98. The quantitative estimate of drug-likeness (QED) is 0.662. The van der Waals surface area contributed by atoms with Gasteiger partial charge in [-0.3, -0.25) is 0 Å². The maximum atomic E-state index is 11.7. The number of amides is 2. The van der Waals surface area contributed by atoms with E-state index in [9.17, 15) is 14.4 Å². The van der Waals surface area contributed by atoms with Crippen molar-refractivity contribution in [3.05, 3.63) is 35.9 Å². The van der Waals surface area contributed by atoms with Crippen molar-refractivity contribution in [1.82, 2.24) is 10.4 Å². The molecule has 1 heterocycles. The molecule has 1 saturated heterocycles. The molecular weight excluding hydrogens is 276 g/mol. The number of carbonyl (C=O) groups is 3. The van der Waals surface area contributed by atoms with Crippen LogP contribution in [0.25, 0.3) is 0 Å². The molecule has 1 aliphatic heterocycles. The highest BCUT2D eigenvalue weighted by molar-refractivity contribution is 5.96. The number of hydrogen-bond acceptors (Lipinski definition) is 5. The zero-order valence-electron chi connectivity index (χ0n) is 11.6. The molecule has 7 nitrogen and oxygen atoms in total. The standard InChI is InChI=1S/C14H16N2O5/c1-2-6-11-12(17)21-14(19)16(11)15-13(18)20-9-10-7-4-3-5-8-10/h3-5,7-8,11H,2,6,9H2,1H3,(H,15,18). The van der Waals surface area contributed by atoms with E-state index in [1.165, 1.54) is 0 Å². The lowest BCUT2D eigenvalue weighted by atomic mass is 10.2. The number of ether oxygens (including phenoxy) is 2. The molecule has 0 bridgehead atoms. The van der Waals surface area contributed by atoms with Crippen LogP contribution in [0.3, 0.4) is 0 Å². The molecule has 1 aromatic carbocycles. The van der Waals surface area contributed by atoms with E-state index in [2.05, 4.69) is 10.2 Å². The summed E-state index contributed by atoms with van der Waals surface area (Å²) in [5, 5.41) is 0.874. The predicted molar refractivity (Wildman–Crippen MR) is 71.8 cm³/mol. The van der Waals surface area contributed by atoms with Gasteiger partial charge in [-0.15, -0.1) is 0 Å². The van der Waals surface area contributed by atoms with Gasteiger partial charge >= 0.3 is 18.2 Å². The molecule has 0 saturated carbocycles. The second-order valence-corrected chi connectivity index (χ2v) is 4.54. The van der Waals surface area contributed by atoms with Gasteiger partial charge in [0.2, 0.25) is 0 Å². The van der Waals surface area contributed by atoms with E-state index in [0.717, 1.165) is 10.6 Å². The van der Waals surface area contributed by atoms with Crippen LogP contribution in [0.1, 0.15) is 25.3 Å². The Morgan fingerprint density at radius 3 is 2.71 bits per heavy atom. The summed E-state index contributed by atoms with van der Waals surface area (Å²) < 4.78 is 9.47. The zero-order chi connectivity index (χ0) is 15.2. The van der Waals surface area contributed by atoms with Crippen LogP contribution in [0.5, 0.6) is 0 Å². The second-order valence-electron chi connectivity index (χ2n) is 4.54. The molecule has 1 atom stereocenters. The SMILES string of the molecule is CCCC1C(=O)OC(=O)N1NC(=O)OCc1ccccc1. The number of carbonyl (C=O) groups excluding carboxylic acids is 3. The summed E-state index contributed by atoms with van der Waals surface area (Å²) >= 11 is 0. The van der Waals surface area contributed by atoms with Crippen LogP contribution >= 0.6 is 0 Å². The van der Waals surface area contributed by atoms with Crippen molar-refractivity contribution in [1.29, 1.82) is 0 Å². The first-order valence-electron chi connectivity index (χ1n) is 6.64. The lowest BCUT2D eigenvalue weighted by Gasteiger charge is -2.19. The molecule has 2 rings (SSSR count). The molecule has 0 spiro atoms. The Labute approximate surface area is 121 Å². The maximum absolute atomic E-state index is 11.7. The highest BCUT2D eigenvalue weighted by Crippen LogP contribution is 2.16. The number of hydrogen-bond donors (Lipinski definition) is 1. The van der Waals surface area contributed by atoms with Crippen molar-refractivity contribution >= 4 is 18.2 Å². The molecule has 1 fully saturated rings. The molecular formula is C14H16N2O5. The summed E-state index contributed by atoms with van der Waals surface area (Å²) in [7, 11) is 0. The van der Waals surface area contributed by atoms with E-state index >= 15 is 0 Å². The van der Waals surface area contributed by atoms with E-state index in [4.69, 9.17) is 4.74 Å². The van der Waals surface area contributed by atoms with E-state index in [-0.39, 0.29) is 6.61 Å². The Kier molecular flexibility index (Phi) is 4.76. The van der Waals surface area contributed by atoms with E-state index < -0.39 is 24.2 Å². The van der Waals surface area contributed by atoms with E-state index in [0.29, 0.717) is 12.8 Å². The third-order valence-corrected chi connectivity index (χ3v) is 2.95. The molecule has 0 radical (unpaired) electrons. The minimum Gasteiger partial charge on any atom is -0.443 e. The Bertz CT molecular complexity index is 531. The van der Waals surface area contributed by atoms with Gasteiger partial charge in [0.05, 0.1) is 0 Å². The van der Waals surface area contributed by atoms with Crippen LogP contribution in [0.2, 0.25) is 0 Å². The van der Waals surface area contributed by atoms with E-state index in [1.54, 1.807) is 12.1 Å². The first kappa shape index (κ1) is 14.8. The maximum Gasteiger partial charge on any atom is 0.437 e. The van der Waals surface area contributed by atoms with Gasteiger partial charge in [-0.05, 0) is 12.0 Å². The number of nitrogens with one attached hydrogen (secondary N) is 1. The van der Waals surface area contributed by atoms with Crippen LogP contribution < -0.4 is 5.43 Å². The summed E-state index contributed by atoms with van der Waals surface area (Å²) in [5.41, 5.74) is 3.06. The Morgan fingerprint density at radius 2 is 2.05 bits per heavy atom. The summed E-state index contributed by atoms with van der Waals surface area (Å²) in [6, 6.07) is 8.31. The van der Waals surface area contributed by atoms with Gasteiger partial charge in [0.1, 0.15) is 6.61 Å². The fraction of sp³-hybridized carbons (Fsp3) is 0.357. The third-order valence-electron chi connectivity index (χ3n) is 2.95. The smallest absolute Gasteiger partial charge is 0.437 e. The van der Waals surface area contributed by atoms with Crippen molar-refractivity contribution in [3.8, 4) is 0 Å². The van der Waals surface area contributed by atoms with E-state index in [1.807, 2.05) is 25.1 Å². The number of esters is 1. The number of benzene rings is 1. The zero-order valence-corrected chi connectivity index (χ0v) is 11.6. The Hall–Kier alpha value is -2.57. The van der Waals surface area contributed by atoms with Gasteiger partial charge in [0.15, 0.2) is 6.04 Å². The molecule has 1 unspecified atom stereocenters. The molecule has 112 valence electrons. The fourth-order valence-electron chi connectivity index (χ4n) is 1.93. The Morgan fingerprint density at radius 1 is 1.33 bits per heavy atom. The summed E-state index contributed by atoms with van der Waals surface area (Å²) in [5.74, 6) is -0.662. The van der Waals surface area contributed by atoms with Crippen LogP contribution in [0.15, 0.2) is 30.3 Å². The average Bonchev–Trinajstić information content (AvgIpc) is 2.74. The molecule has 21 heavy (non-hydrogen) atoms. The largest absolute Gasteiger partial charge is 0.443 e. The summed E-state index contributed by atoms with van der Waals surface area (Å²) in [6.45, 7) is 1.93. The highest BCUT2D eigenvalue weighted by Gasteiger charge is 2.42. The molecule has 1 aliphatic rings. The lowest BCUT2D eigenvalue weighted by molar-refractivity contribution is -0.136. The van der Waals surface area contributed by atoms with Crippen molar-refractivity contribution in [2.45, 2.75) is 32.4 Å². The fourth-order valence-corrected chi connectivity index (χ4v) is 1.93. The van der Waals surface area contributed by atoms with Gasteiger partial charge in [0.25, 0.3) is 0 Å². The normalized spacial score (nSPS) is 17.6. The van der Waals surface area contributed by atoms with Gasteiger partial charge in [-0.1, -0.05) is 43.7 Å². The molecule has 1 aromatic rings. The van der Waals surface area contributed by atoms with Crippen LogP contribution in [0, 0.1) is 0 Å². The average molecular weight is 292 g/mol. The minimum atomic E-state index is -0.893. The first-order chi connectivity index (χ1) is 10.1.